The Bertz CT molecular complexity index is 685. The van der Waals surface area contributed by atoms with Crippen molar-refractivity contribution in [1.29, 1.82) is 0 Å². The molecule has 1 spiro atoms. The summed E-state index contributed by atoms with van der Waals surface area (Å²) >= 11 is 0. The molecule has 1 aromatic carbocycles. The fraction of sp³-hybridized carbons (Fsp3) is 0.600. The van der Waals surface area contributed by atoms with Gasteiger partial charge in [-0.2, -0.15) is 0 Å². The van der Waals surface area contributed by atoms with Crippen LogP contribution >= 0.6 is 0 Å². The fourth-order valence-electron chi connectivity index (χ4n) is 3.83. The highest BCUT2D eigenvalue weighted by Crippen LogP contribution is 2.36. The van der Waals surface area contributed by atoms with E-state index in [2.05, 4.69) is 12.2 Å². The molecule has 1 unspecified atom stereocenters. The highest BCUT2D eigenvalue weighted by molar-refractivity contribution is 6.07. The molecular weight excluding hydrogens is 348 g/mol. The van der Waals surface area contributed by atoms with Gasteiger partial charge in [0, 0.05) is 5.56 Å². The molecule has 2 N–H and O–H groups in total. The van der Waals surface area contributed by atoms with Crippen LogP contribution in [0.3, 0.4) is 0 Å². The number of benzene rings is 1. The molecule has 2 aliphatic rings. The molecule has 148 valence electrons. The number of methoxy groups -OCH3 is 1. The number of rotatable bonds is 7. The Hall–Kier alpha value is -2.12. The third-order valence-corrected chi connectivity index (χ3v) is 5.53. The summed E-state index contributed by atoms with van der Waals surface area (Å²) < 4.78 is 10.8. The smallest absolute Gasteiger partial charge is 0.325 e. The highest BCUT2D eigenvalue weighted by atomic mass is 16.5. The van der Waals surface area contributed by atoms with Crippen molar-refractivity contribution in [3.05, 3.63) is 29.8 Å². The second-order valence-electron chi connectivity index (χ2n) is 7.59. The summed E-state index contributed by atoms with van der Waals surface area (Å²) in [5.74, 6) is 1.07. The second kappa shape index (κ2) is 8.27. The van der Waals surface area contributed by atoms with Crippen LogP contribution in [0.4, 0.5) is 4.79 Å². The number of aliphatic hydroxyl groups is 1. The molecule has 3 amide bonds. The van der Waals surface area contributed by atoms with Gasteiger partial charge in [0.2, 0.25) is 0 Å². The Morgan fingerprint density at radius 3 is 2.70 bits per heavy atom. The molecule has 1 aliphatic heterocycles. The van der Waals surface area contributed by atoms with Crippen LogP contribution in [0.1, 0.15) is 38.2 Å². The molecule has 0 aromatic heterocycles. The second-order valence-corrected chi connectivity index (χ2v) is 7.59. The van der Waals surface area contributed by atoms with Gasteiger partial charge in [-0.05, 0) is 37.7 Å². The summed E-state index contributed by atoms with van der Waals surface area (Å²) in [5.41, 5.74) is 0.0964. The Labute approximate surface area is 159 Å². The lowest BCUT2D eigenvalue weighted by atomic mass is 9.77. The first-order valence-electron chi connectivity index (χ1n) is 9.47. The number of hydrogen-bond donors (Lipinski definition) is 2. The van der Waals surface area contributed by atoms with E-state index in [0.29, 0.717) is 18.8 Å². The van der Waals surface area contributed by atoms with Gasteiger partial charge in [0.1, 0.15) is 11.3 Å². The maximum absolute atomic E-state index is 12.8. The number of β-amino-alcohol motifs (C(OH)–C–C–N with tert-alkyl or cyclic N) is 1. The largest absolute Gasteiger partial charge is 0.496 e. The van der Waals surface area contributed by atoms with Crippen molar-refractivity contribution >= 4 is 11.9 Å². The average molecular weight is 376 g/mol. The topological polar surface area (TPSA) is 88.1 Å². The first kappa shape index (κ1) is 19.6. The number of urea groups is 1. The number of carbonyl (C=O) groups excluding carboxylic acids is 2. The van der Waals surface area contributed by atoms with E-state index in [-0.39, 0.29) is 25.7 Å². The molecule has 2 fully saturated rings. The normalized spacial score (nSPS) is 26.3. The van der Waals surface area contributed by atoms with Crippen LogP contribution in [-0.4, -0.2) is 53.8 Å². The maximum Gasteiger partial charge on any atom is 0.325 e. The molecule has 7 heteroatoms. The molecule has 7 nitrogen and oxygen atoms in total. The average Bonchev–Trinajstić information content (AvgIpc) is 2.89. The third-order valence-electron chi connectivity index (χ3n) is 5.53. The molecular formula is C20H28N2O5. The van der Waals surface area contributed by atoms with Gasteiger partial charge in [0.05, 0.1) is 33.0 Å². The van der Waals surface area contributed by atoms with Gasteiger partial charge in [-0.25, -0.2) is 4.79 Å². The lowest BCUT2D eigenvalue weighted by molar-refractivity contribution is -0.134. The van der Waals surface area contributed by atoms with E-state index in [4.69, 9.17) is 9.47 Å². The van der Waals surface area contributed by atoms with Crippen molar-refractivity contribution in [2.24, 2.45) is 5.92 Å². The Morgan fingerprint density at radius 2 is 2.00 bits per heavy atom. The van der Waals surface area contributed by atoms with Crippen LogP contribution in [0.15, 0.2) is 24.3 Å². The van der Waals surface area contributed by atoms with Crippen LogP contribution in [0, 0.1) is 5.92 Å². The number of carbonyl (C=O) groups is 2. The molecule has 1 saturated heterocycles. The summed E-state index contributed by atoms with van der Waals surface area (Å²) in [4.78, 5) is 26.2. The Kier molecular flexibility index (Phi) is 6.01. The van der Waals surface area contributed by atoms with Crippen molar-refractivity contribution in [2.45, 2.75) is 50.9 Å². The van der Waals surface area contributed by atoms with E-state index in [9.17, 15) is 14.7 Å². The van der Waals surface area contributed by atoms with Crippen LogP contribution in [0.25, 0.3) is 0 Å². The van der Waals surface area contributed by atoms with Crippen molar-refractivity contribution in [3.63, 3.8) is 0 Å². The molecule has 1 heterocycles. The number of aliphatic hydroxyl groups excluding tert-OH is 1. The van der Waals surface area contributed by atoms with E-state index in [1.165, 1.54) is 0 Å². The SMILES string of the molecule is COc1ccccc1COCC(O)CN1C(=O)NC2(CCC(C)CC2)C1=O. The van der Waals surface area contributed by atoms with E-state index in [1.54, 1.807) is 7.11 Å². The lowest BCUT2D eigenvalue weighted by Gasteiger charge is -2.33. The maximum atomic E-state index is 12.8. The van der Waals surface area contributed by atoms with Crippen LogP contribution < -0.4 is 10.1 Å². The zero-order chi connectivity index (χ0) is 19.4. The minimum absolute atomic E-state index is 0.0269. The predicted molar refractivity (Wildman–Crippen MR) is 99.3 cm³/mol. The summed E-state index contributed by atoms with van der Waals surface area (Å²) in [6.07, 6.45) is 2.23. The standard InChI is InChI=1S/C20H28N2O5/c1-14-7-9-20(10-8-14)18(24)22(19(25)21-20)11-16(23)13-27-12-15-5-3-4-6-17(15)26-2/h3-6,14,16,23H,7-13H2,1-2H3,(H,21,25). The molecule has 0 bridgehead atoms. The quantitative estimate of drug-likeness (QED) is 0.712. The first-order chi connectivity index (χ1) is 12.9. The Morgan fingerprint density at radius 1 is 1.30 bits per heavy atom. The fourth-order valence-corrected chi connectivity index (χ4v) is 3.83. The Balaban J connectivity index is 1.51. The molecule has 1 saturated carbocycles. The number of imide groups is 1. The lowest BCUT2D eigenvalue weighted by Crippen LogP contribution is -2.49. The minimum atomic E-state index is -0.938. The summed E-state index contributed by atoms with van der Waals surface area (Å²) in [7, 11) is 1.59. The van der Waals surface area contributed by atoms with Crippen LogP contribution in [0.2, 0.25) is 0 Å². The molecule has 1 aromatic rings. The van der Waals surface area contributed by atoms with E-state index < -0.39 is 17.7 Å². The zero-order valence-electron chi connectivity index (χ0n) is 15.9. The number of nitrogens with zero attached hydrogens (tertiary/aromatic N) is 1. The van der Waals surface area contributed by atoms with Gasteiger partial charge in [0.15, 0.2) is 0 Å². The third kappa shape index (κ3) is 4.25. The molecule has 1 aliphatic carbocycles. The van der Waals surface area contributed by atoms with Gasteiger partial charge in [-0.3, -0.25) is 9.69 Å². The minimum Gasteiger partial charge on any atom is -0.496 e. The number of ether oxygens (including phenoxy) is 2. The number of nitrogens with one attached hydrogen (secondary N) is 1. The van der Waals surface area contributed by atoms with Crippen molar-refractivity contribution in [1.82, 2.24) is 10.2 Å². The first-order valence-corrected chi connectivity index (χ1v) is 9.47. The summed E-state index contributed by atoms with van der Waals surface area (Å²) in [6.45, 7) is 2.41. The van der Waals surface area contributed by atoms with Crippen molar-refractivity contribution < 1.29 is 24.2 Å². The highest BCUT2D eigenvalue weighted by Gasteiger charge is 2.52. The van der Waals surface area contributed by atoms with Gasteiger partial charge in [-0.15, -0.1) is 0 Å². The van der Waals surface area contributed by atoms with E-state index in [1.807, 2.05) is 24.3 Å². The number of para-hydroxylation sites is 1. The number of hydrogen-bond acceptors (Lipinski definition) is 5. The van der Waals surface area contributed by atoms with E-state index >= 15 is 0 Å². The molecule has 27 heavy (non-hydrogen) atoms. The predicted octanol–water partition coefficient (Wildman–Crippen LogP) is 2.07. The van der Waals surface area contributed by atoms with Gasteiger partial charge < -0.3 is 19.9 Å². The molecule has 1 atom stereocenters. The summed E-state index contributed by atoms with van der Waals surface area (Å²) in [5, 5.41) is 13.1. The molecule has 3 rings (SSSR count). The van der Waals surface area contributed by atoms with Crippen molar-refractivity contribution in [2.75, 3.05) is 20.3 Å². The van der Waals surface area contributed by atoms with Gasteiger partial charge in [-0.1, -0.05) is 25.1 Å². The zero-order valence-corrected chi connectivity index (χ0v) is 15.9. The number of amides is 3. The van der Waals surface area contributed by atoms with Gasteiger partial charge in [0.25, 0.3) is 5.91 Å². The van der Waals surface area contributed by atoms with Crippen LogP contribution in [0.5, 0.6) is 5.75 Å². The van der Waals surface area contributed by atoms with Gasteiger partial charge >= 0.3 is 6.03 Å². The van der Waals surface area contributed by atoms with Crippen molar-refractivity contribution in [3.8, 4) is 5.75 Å². The van der Waals surface area contributed by atoms with Crippen LogP contribution in [-0.2, 0) is 16.1 Å². The molecule has 0 radical (unpaired) electrons. The van der Waals surface area contributed by atoms with E-state index in [0.717, 1.165) is 29.1 Å². The monoisotopic (exact) mass is 376 g/mol. The summed E-state index contributed by atoms with van der Waals surface area (Å²) in [6, 6.07) is 7.06.